The first-order valence-electron chi connectivity index (χ1n) is 5.91. The number of rotatable bonds is 5. The number of aldehydes is 1. The van der Waals surface area contributed by atoms with E-state index >= 15 is 0 Å². The number of hydrogen-bond donors (Lipinski definition) is 0. The van der Waals surface area contributed by atoms with Crippen LogP contribution in [0.1, 0.15) is 55.2 Å². The first-order valence-corrected chi connectivity index (χ1v) is 6.28. The molecule has 88 valence electrons. The van der Waals surface area contributed by atoms with Crippen molar-refractivity contribution in [2.75, 3.05) is 0 Å². The van der Waals surface area contributed by atoms with Gasteiger partial charge < -0.3 is 0 Å². The monoisotopic (exact) mass is 240 g/mol. The summed E-state index contributed by atoms with van der Waals surface area (Å²) in [5, 5.41) is 5.00. The molecule has 0 radical (unpaired) electrons. The van der Waals surface area contributed by atoms with Gasteiger partial charge in [-0.15, -0.1) is 0 Å². The highest BCUT2D eigenvalue weighted by Crippen LogP contribution is 2.40. The van der Waals surface area contributed by atoms with Crippen LogP contribution in [-0.4, -0.2) is 16.1 Å². The summed E-state index contributed by atoms with van der Waals surface area (Å²) in [6, 6.07) is 0.316. The summed E-state index contributed by atoms with van der Waals surface area (Å²) >= 11 is 6.20. The Bertz CT molecular complexity index is 396. The molecule has 16 heavy (non-hydrogen) atoms. The van der Waals surface area contributed by atoms with Crippen LogP contribution >= 0.6 is 11.6 Å². The lowest BCUT2D eigenvalue weighted by Crippen LogP contribution is -2.09. The molecule has 4 heteroatoms. The van der Waals surface area contributed by atoms with Gasteiger partial charge in [-0.25, -0.2) is 4.68 Å². The van der Waals surface area contributed by atoms with Crippen molar-refractivity contribution < 1.29 is 4.79 Å². The molecule has 0 aliphatic heterocycles. The van der Waals surface area contributed by atoms with Gasteiger partial charge in [0.15, 0.2) is 6.29 Å². The molecule has 1 aliphatic rings. The lowest BCUT2D eigenvalue weighted by Gasteiger charge is -2.11. The Morgan fingerprint density at radius 3 is 2.81 bits per heavy atom. The van der Waals surface area contributed by atoms with Crippen LogP contribution in [0.5, 0.6) is 0 Å². The van der Waals surface area contributed by atoms with Crippen LogP contribution in [0, 0.1) is 5.92 Å². The van der Waals surface area contributed by atoms with Gasteiger partial charge in [0.2, 0.25) is 0 Å². The van der Waals surface area contributed by atoms with E-state index in [9.17, 15) is 4.79 Å². The van der Waals surface area contributed by atoms with Gasteiger partial charge in [0, 0.05) is 0 Å². The lowest BCUT2D eigenvalue weighted by molar-refractivity contribution is 0.112. The van der Waals surface area contributed by atoms with Crippen LogP contribution < -0.4 is 0 Å². The topological polar surface area (TPSA) is 34.9 Å². The molecule has 0 N–H and O–H groups in total. The Morgan fingerprint density at radius 1 is 1.62 bits per heavy atom. The summed E-state index contributed by atoms with van der Waals surface area (Å²) in [4.78, 5) is 11.0. The number of carbonyl (C=O) groups excluding carboxylic acids is 1. The third-order valence-corrected chi connectivity index (χ3v) is 3.63. The van der Waals surface area contributed by atoms with Gasteiger partial charge in [0.1, 0.15) is 5.15 Å². The maximum Gasteiger partial charge on any atom is 0.155 e. The smallest absolute Gasteiger partial charge is 0.155 e. The van der Waals surface area contributed by atoms with E-state index in [1.807, 2.05) is 4.68 Å². The fraction of sp³-hybridized carbons (Fsp3) is 0.667. The molecule has 1 saturated carbocycles. The second-order valence-electron chi connectivity index (χ2n) is 4.54. The van der Waals surface area contributed by atoms with Crippen molar-refractivity contribution in [3.63, 3.8) is 0 Å². The number of aryl methyl sites for hydroxylation is 1. The summed E-state index contributed by atoms with van der Waals surface area (Å²) in [6.07, 6.45) is 5.12. The van der Waals surface area contributed by atoms with Crippen LogP contribution in [-0.2, 0) is 6.42 Å². The Hall–Kier alpha value is -0.830. The van der Waals surface area contributed by atoms with E-state index in [1.54, 1.807) is 0 Å². The molecule has 0 aromatic carbocycles. The van der Waals surface area contributed by atoms with Crippen molar-refractivity contribution in [3.05, 3.63) is 16.4 Å². The summed E-state index contributed by atoms with van der Waals surface area (Å²) in [5.74, 6) is 0.686. The SMILES string of the molecule is CCCc1nn(C(C)C2CC2)c(Cl)c1C=O. The maximum atomic E-state index is 11.0. The minimum atomic E-state index is 0.316. The fourth-order valence-corrected chi connectivity index (χ4v) is 2.40. The molecule has 1 aliphatic carbocycles. The van der Waals surface area contributed by atoms with E-state index in [4.69, 9.17) is 11.6 Å². The van der Waals surface area contributed by atoms with Gasteiger partial charge in [-0.3, -0.25) is 4.79 Å². The Kier molecular flexibility index (Phi) is 3.33. The molecule has 0 bridgehead atoms. The minimum absolute atomic E-state index is 0.316. The standard InChI is InChI=1S/C12H17ClN2O/c1-3-4-11-10(7-16)12(13)15(14-11)8(2)9-5-6-9/h7-9H,3-6H2,1-2H3. The minimum Gasteiger partial charge on any atom is -0.298 e. The van der Waals surface area contributed by atoms with Crippen LogP contribution in [0.4, 0.5) is 0 Å². The van der Waals surface area contributed by atoms with E-state index in [0.717, 1.165) is 24.8 Å². The molecular formula is C12H17ClN2O. The summed E-state index contributed by atoms with van der Waals surface area (Å²) in [5.41, 5.74) is 1.42. The predicted octanol–water partition coefficient (Wildman–Crippen LogP) is 3.27. The van der Waals surface area contributed by atoms with Crippen LogP contribution in [0.3, 0.4) is 0 Å². The highest BCUT2D eigenvalue weighted by atomic mass is 35.5. The van der Waals surface area contributed by atoms with Gasteiger partial charge in [-0.05, 0) is 32.1 Å². The first-order chi connectivity index (χ1) is 7.69. The van der Waals surface area contributed by atoms with E-state index in [-0.39, 0.29) is 0 Å². The molecule has 0 spiro atoms. The zero-order valence-electron chi connectivity index (χ0n) is 9.74. The zero-order valence-corrected chi connectivity index (χ0v) is 10.5. The molecule has 3 nitrogen and oxygen atoms in total. The van der Waals surface area contributed by atoms with Crippen molar-refractivity contribution in [1.29, 1.82) is 0 Å². The van der Waals surface area contributed by atoms with E-state index in [2.05, 4.69) is 18.9 Å². The predicted molar refractivity (Wildman–Crippen MR) is 64.1 cm³/mol. The van der Waals surface area contributed by atoms with Crippen molar-refractivity contribution in [2.24, 2.45) is 5.92 Å². The number of carbonyl (C=O) groups is 1. The molecule has 1 unspecified atom stereocenters. The normalized spacial score (nSPS) is 17.4. The molecule has 0 amide bonds. The van der Waals surface area contributed by atoms with E-state index in [0.29, 0.717) is 22.7 Å². The Morgan fingerprint density at radius 2 is 2.31 bits per heavy atom. The Balaban J connectivity index is 2.33. The Labute approximate surface area is 101 Å². The lowest BCUT2D eigenvalue weighted by atomic mass is 10.2. The zero-order chi connectivity index (χ0) is 11.7. The average molecular weight is 241 g/mol. The van der Waals surface area contributed by atoms with Gasteiger partial charge in [0.05, 0.1) is 17.3 Å². The van der Waals surface area contributed by atoms with Crippen LogP contribution in [0.15, 0.2) is 0 Å². The number of nitrogens with zero attached hydrogens (tertiary/aromatic N) is 2. The number of aromatic nitrogens is 2. The van der Waals surface area contributed by atoms with E-state index in [1.165, 1.54) is 12.8 Å². The largest absolute Gasteiger partial charge is 0.298 e. The molecule has 2 rings (SSSR count). The number of hydrogen-bond acceptors (Lipinski definition) is 2. The first kappa shape index (κ1) is 11.6. The third kappa shape index (κ3) is 2.01. The van der Waals surface area contributed by atoms with Crippen molar-refractivity contribution in [3.8, 4) is 0 Å². The highest BCUT2D eigenvalue weighted by Gasteiger charge is 2.32. The average Bonchev–Trinajstić information content (AvgIpc) is 3.05. The molecule has 0 saturated heterocycles. The molecule has 1 atom stereocenters. The van der Waals surface area contributed by atoms with Gasteiger partial charge in [0.25, 0.3) is 0 Å². The van der Waals surface area contributed by atoms with Crippen LogP contribution in [0.2, 0.25) is 5.15 Å². The van der Waals surface area contributed by atoms with Crippen LogP contribution in [0.25, 0.3) is 0 Å². The van der Waals surface area contributed by atoms with Gasteiger partial charge in [-0.2, -0.15) is 5.10 Å². The van der Waals surface area contributed by atoms with E-state index < -0.39 is 0 Å². The highest BCUT2D eigenvalue weighted by molar-refractivity contribution is 6.32. The molecule has 1 aromatic rings. The summed E-state index contributed by atoms with van der Waals surface area (Å²) in [6.45, 7) is 4.20. The number of halogens is 1. The molecule has 1 heterocycles. The van der Waals surface area contributed by atoms with Gasteiger partial charge >= 0.3 is 0 Å². The second kappa shape index (κ2) is 4.58. The molecular weight excluding hydrogens is 224 g/mol. The fourth-order valence-electron chi connectivity index (χ4n) is 2.06. The molecule has 1 aromatic heterocycles. The summed E-state index contributed by atoms with van der Waals surface area (Å²) in [7, 11) is 0. The maximum absolute atomic E-state index is 11.0. The summed E-state index contributed by atoms with van der Waals surface area (Å²) < 4.78 is 1.83. The quantitative estimate of drug-likeness (QED) is 0.741. The molecule has 1 fully saturated rings. The second-order valence-corrected chi connectivity index (χ2v) is 4.90. The van der Waals surface area contributed by atoms with Crippen molar-refractivity contribution in [2.45, 2.75) is 45.6 Å². The van der Waals surface area contributed by atoms with Crippen molar-refractivity contribution >= 4 is 17.9 Å². The third-order valence-electron chi connectivity index (χ3n) is 3.26. The van der Waals surface area contributed by atoms with Gasteiger partial charge in [-0.1, -0.05) is 24.9 Å². The van der Waals surface area contributed by atoms with Crippen molar-refractivity contribution in [1.82, 2.24) is 9.78 Å².